The lowest BCUT2D eigenvalue weighted by molar-refractivity contribution is -0.385. The van der Waals surface area contributed by atoms with Crippen molar-refractivity contribution in [3.8, 4) is 0 Å². The summed E-state index contributed by atoms with van der Waals surface area (Å²) in [5, 5.41) is 21.9. The van der Waals surface area contributed by atoms with Crippen LogP contribution in [0, 0.1) is 10.1 Å². The molecule has 0 spiro atoms. The fraction of sp³-hybridized carbons (Fsp3) is 0.364. The Hall–Kier alpha value is -2.16. The summed E-state index contributed by atoms with van der Waals surface area (Å²) in [4.78, 5) is 20.2. The number of carbonyl (C=O) groups is 1. The van der Waals surface area contributed by atoms with Crippen LogP contribution < -0.4 is 5.32 Å². The van der Waals surface area contributed by atoms with Gasteiger partial charge in [0.1, 0.15) is 0 Å². The van der Waals surface area contributed by atoms with Crippen molar-refractivity contribution in [1.82, 2.24) is 0 Å². The highest BCUT2D eigenvalue weighted by Gasteiger charge is 2.18. The zero-order valence-electron chi connectivity index (χ0n) is 10.7. The molecule has 0 aliphatic rings. The van der Waals surface area contributed by atoms with Crippen LogP contribution in [0.4, 0.5) is 11.4 Å². The molecule has 0 fully saturated rings. The molecule has 0 bridgehead atoms. The number of non-ortho nitro benzene ring substituents is 1. The van der Waals surface area contributed by atoms with Crippen LogP contribution in [0.25, 0.3) is 0 Å². The number of nitrogens with one attached hydrogen (secondary N) is 1. The van der Waals surface area contributed by atoms with Gasteiger partial charge in [0, 0.05) is 31.4 Å². The number of benzene rings is 1. The third-order valence-electron chi connectivity index (χ3n) is 2.46. The Morgan fingerprint density at radius 3 is 2.60 bits per heavy atom. The van der Waals surface area contributed by atoms with Gasteiger partial charge in [-0.1, -0.05) is 0 Å². The molecule has 0 aromatic heterocycles. The molecule has 2 N–H and O–H groups in total. The summed E-state index contributed by atoms with van der Waals surface area (Å²) in [5.74, 6) is -0.946. The van der Waals surface area contributed by atoms with E-state index in [2.05, 4.69) is 5.32 Å². The lowest BCUT2D eigenvalue weighted by atomic mass is 10.2. The zero-order valence-corrected chi connectivity index (χ0v) is 11.5. The van der Waals surface area contributed by atoms with Gasteiger partial charge < -0.3 is 10.4 Å². The number of sulfone groups is 1. The van der Waals surface area contributed by atoms with Gasteiger partial charge in [-0.05, 0) is 12.5 Å². The molecular formula is C11H14N2O6S. The van der Waals surface area contributed by atoms with E-state index in [4.69, 9.17) is 5.11 Å². The van der Waals surface area contributed by atoms with Crippen molar-refractivity contribution in [2.45, 2.75) is 17.7 Å². The van der Waals surface area contributed by atoms with Crippen molar-refractivity contribution < 1.29 is 23.2 Å². The molecule has 0 saturated carbocycles. The molecule has 0 amide bonds. The lowest BCUT2D eigenvalue weighted by Crippen LogP contribution is -2.09. The molecule has 0 aliphatic heterocycles. The fourth-order valence-electron chi connectivity index (χ4n) is 1.54. The van der Waals surface area contributed by atoms with Crippen LogP contribution in [0.5, 0.6) is 0 Å². The molecule has 1 aromatic carbocycles. The number of rotatable bonds is 7. The first kappa shape index (κ1) is 15.9. The van der Waals surface area contributed by atoms with Gasteiger partial charge in [-0.15, -0.1) is 0 Å². The van der Waals surface area contributed by atoms with Gasteiger partial charge in [0.05, 0.1) is 15.5 Å². The molecule has 8 nitrogen and oxygen atoms in total. The third-order valence-corrected chi connectivity index (χ3v) is 3.60. The summed E-state index contributed by atoms with van der Waals surface area (Å²) in [6, 6.07) is 3.47. The van der Waals surface area contributed by atoms with E-state index in [9.17, 15) is 23.3 Å². The molecule has 0 atom stereocenters. The number of anilines is 1. The summed E-state index contributed by atoms with van der Waals surface area (Å²) in [6.07, 6.45) is 1.22. The number of nitro groups is 1. The average molecular weight is 302 g/mol. The van der Waals surface area contributed by atoms with Gasteiger partial charge in [0.15, 0.2) is 9.84 Å². The number of carboxylic acids is 1. The van der Waals surface area contributed by atoms with Gasteiger partial charge in [0.25, 0.3) is 5.69 Å². The van der Waals surface area contributed by atoms with E-state index >= 15 is 0 Å². The Morgan fingerprint density at radius 2 is 2.10 bits per heavy atom. The topological polar surface area (TPSA) is 127 Å². The summed E-state index contributed by atoms with van der Waals surface area (Å²) < 4.78 is 23.2. The minimum Gasteiger partial charge on any atom is -0.481 e. The molecule has 110 valence electrons. The minimum atomic E-state index is -3.63. The lowest BCUT2D eigenvalue weighted by Gasteiger charge is -2.10. The predicted molar refractivity (Wildman–Crippen MR) is 71.6 cm³/mol. The van der Waals surface area contributed by atoms with E-state index < -0.39 is 20.7 Å². The first-order valence-corrected chi connectivity index (χ1v) is 7.55. The summed E-state index contributed by atoms with van der Waals surface area (Å²) in [5.41, 5.74) is -0.0926. The van der Waals surface area contributed by atoms with Gasteiger partial charge in [0.2, 0.25) is 0 Å². The molecule has 0 saturated heterocycles. The smallest absolute Gasteiger partial charge is 0.303 e. The number of hydrogen-bond acceptors (Lipinski definition) is 6. The maximum atomic E-state index is 11.6. The normalized spacial score (nSPS) is 11.1. The van der Waals surface area contributed by atoms with Crippen LogP contribution in [0.3, 0.4) is 0 Å². The molecule has 0 radical (unpaired) electrons. The Labute approximate surface area is 115 Å². The van der Waals surface area contributed by atoms with Gasteiger partial charge >= 0.3 is 5.97 Å². The Balaban J connectivity index is 2.95. The van der Waals surface area contributed by atoms with Gasteiger partial charge in [-0.25, -0.2) is 8.42 Å². The Kier molecular flexibility index (Phi) is 5.03. The zero-order chi connectivity index (χ0) is 15.3. The first-order chi connectivity index (χ1) is 9.21. The van der Waals surface area contributed by atoms with Crippen molar-refractivity contribution in [1.29, 1.82) is 0 Å². The predicted octanol–water partition coefficient (Wildman–Crippen LogP) is 1.27. The third kappa shape index (κ3) is 4.50. The van der Waals surface area contributed by atoms with Crippen molar-refractivity contribution in [3.63, 3.8) is 0 Å². The van der Waals surface area contributed by atoms with Crippen LogP contribution >= 0.6 is 0 Å². The standard InChI is InChI=1S/C11H14N2O6S/c1-20(18,19)10-7-8(13(16)17)4-5-9(10)12-6-2-3-11(14)15/h4-5,7,12H,2-3,6H2,1H3,(H,14,15). The highest BCUT2D eigenvalue weighted by atomic mass is 32.2. The van der Waals surface area contributed by atoms with Crippen LogP contribution in [0.15, 0.2) is 23.1 Å². The van der Waals surface area contributed by atoms with Crippen molar-refractivity contribution in [2.75, 3.05) is 18.1 Å². The number of hydrogen-bond donors (Lipinski definition) is 2. The van der Waals surface area contributed by atoms with Crippen LogP contribution in [0.2, 0.25) is 0 Å². The Bertz CT molecular complexity index is 626. The number of aliphatic carboxylic acids is 1. The summed E-state index contributed by atoms with van der Waals surface area (Å²) >= 11 is 0. The number of nitrogens with zero attached hydrogens (tertiary/aromatic N) is 1. The monoisotopic (exact) mass is 302 g/mol. The quantitative estimate of drug-likeness (QED) is 0.441. The fourth-order valence-corrected chi connectivity index (χ4v) is 2.41. The SMILES string of the molecule is CS(=O)(=O)c1cc([N+](=O)[O-])ccc1NCCCC(=O)O. The van der Waals surface area contributed by atoms with Crippen molar-refractivity contribution in [2.24, 2.45) is 0 Å². The van der Waals surface area contributed by atoms with Crippen LogP contribution in [-0.4, -0.2) is 37.2 Å². The van der Waals surface area contributed by atoms with E-state index in [0.717, 1.165) is 12.3 Å². The second kappa shape index (κ2) is 6.33. The second-order valence-corrected chi connectivity index (χ2v) is 6.12. The van der Waals surface area contributed by atoms with Crippen molar-refractivity contribution in [3.05, 3.63) is 28.3 Å². The van der Waals surface area contributed by atoms with E-state index in [1.165, 1.54) is 12.1 Å². The molecule has 1 rings (SSSR count). The van der Waals surface area contributed by atoms with Gasteiger partial charge in [-0.3, -0.25) is 14.9 Å². The highest BCUT2D eigenvalue weighted by Crippen LogP contribution is 2.26. The maximum absolute atomic E-state index is 11.6. The van der Waals surface area contributed by atoms with Crippen molar-refractivity contribution >= 4 is 27.2 Å². The van der Waals surface area contributed by atoms with E-state index in [0.29, 0.717) is 6.42 Å². The average Bonchev–Trinajstić information content (AvgIpc) is 2.33. The molecule has 1 aromatic rings. The molecule has 20 heavy (non-hydrogen) atoms. The van der Waals surface area contributed by atoms with Crippen LogP contribution in [-0.2, 0) is 14.6 Å². The van der Waals surface area contributed by atoms with E-state index in [1.807, 2.05) is 0 Å². The molecular weight excluding hydrogens is 288 g/mol. The summed E-state index contributed by atoms with van der Waals surface area (Å²) in [7, 11) is -3.63. The highest BCUT2D eigenvalue weighted by molar-refractivity contribution is 7.90. The van der Waals surface area contributed by atoms with E-state index in [-0.39, 0.29) is 29.2 Å². The largest absolute Gasteiger partial charge is 0.481 e. The number of nitro benzene ring substituents is 1. The van der Waals surface area contributed by atoms with Gasteiger partial charge in [-0.2, -0.15) is 0 Å². The second-order valence-electron chi connectivity index (χ2n) is 4.13. The Morgan fingerprint density at radius 1 is 1.45 bits per heavy atom. The van der Waals surface area contributed by atoms with E-state index in [1.54, 1.807) is 0 Å². The molecule has 0 heterocycles. The first-order valence-electron chi connectivity index (χ1n) is 5.66. The minimum absolute atomic E-state index is 0.0474. The maximum Gasteiger partial charge on any atom is 0.303 e. The summed E-state index contributed by atoms with van der Waals surface area (Å²) in [6.45, 7) is 0.257. The number of carboxylic acid groups (broad SMARTS) is 1. The van der Waals surface area contributed by atoms with Crippen LogP contribution in [0.1, 0.15) is 12.8 Å². The molecule has 0 aliphatic carbocycles. The molecule has 9 heteroatoms. The molecule has 0 unspecified atom stereocenters.